The van der Waals surface area contributed by atoms with Crippen LogP contribution >= 0.6 is 0 Å². The van der Waals surface area contributed by atoms with Crippen molar-refractivity contribution in [1.82, 2.24) is 9.88 Å². The minimum Gasteiger partial charge on any atom is -0.369 e. The third-order valence-electron chi connectivity index (χ3n) is 7.40. The van der Waals surface area contributed by atoms with Crippen LogP contribution in [0.15, 0.2) is 36.5 Å². The highest BCUT2D eigenvalue weighted by molar-refractivity contribution is 6.07. The molecule has 34 heavy (non-hydrogen) atoms. The minimum atomic E-state index is -2.61. The van der Waals surface area contributed by atoms with Gasteiger partial charge in [-0.25, -0.2) is 18.2 Å². The number of primary amides is 1. The van der Waals surface area contributed by atoms with Crippen LogP contribution in [0.25, 0.3) is 0 Å². The molecule has 1 aromatic heterocycles. The van der Waals surface area contributed by atoms with E-state index in [2.05, 4.69) is 4.98 Å². The Bertz CT molecular complexity index is 1180. The van der Waals surface area contributed by atoms with Crippen LogP contribution in [0.4, 0.5) is 19.0 Å². The summed E-state index contributed by atoms with van der Waals surface area (Å²) in [5.41, 5.74) is 5.25. The second-order valence-corrected chi connectivity index (χ2v) is 9.75. The fourth-order valence-electron chi connectivity index (χ4n) is 5.79. The molecule has 0 radical (unpaired) electrons. The lowest BCUT2D eigenvalue weighted by molar-refractivity contribution is -0.231. The molecule has 2 N–H and O–H groups in total. The molecule has 3 amide bonds. The maximum absolute atomic E-state index is 14.7. The Morgan fingerprint density at radius 2 is 1.85 bits per heavy atom. The molecular formula is C24H23F3N4O3. The quantitative estimate of drug-likeness (QED) is 0.699. The first-order chi connectivity index (χ1) is 16.0. The van der Waals surface area contributed by atoms with E-state index in [1.54, 1.807) is 6.92 Å². The number of halogens is 3. The van der Waals surface area contributed by atoms with Gasteiger partial charge in [-0.15, -0.1) is 0 Å². The molecule has 2 aromatic rings. The second-order valence-electron chi connectivity index (χ2n) is 9.75. The minimum absolute atomic E-state index is 0.0295. The van der Waals surface area contributed by atoms with Crippen LogP contribution in [0, 0.1) is 23.6 Å². The van der Waals surface area contributed by atoms with Crippen LogP contribution in [0.2, 0.25) is 0 Å². The number of alkyl halides is 2. The van der Waals surface area contributed by atoms with Crippen molar-refractivity contribution in [2.75, 3.05) is 11.4 Å². The lowest BCUT2D eigenvalue weighted by Gasteiger charge is -2.72. The van der Waals surface area contributed by atoms with Gasteiger partial charge >= 0.3 is 0 Å². The van der Waals surface area contributed by atoms with E-state index in [0.717, 1.165) is 4.90 Å². The monoisotopic (exact) mass is 472 g/mol. The summed E-state index contributed by atoms with van der Waals surface area (Å²) in [6.07, 6.45) is -0.0752. The predicted molar refractivity (Wildman–Crippen MR) is 115 cm³/mol. The molecule has 3 saturated carbocycles. The molecular weight excluding hydrogens is 449 g/mol. The van der Waals surface area contributed by atoms with E-state index in [4.69, 9.17) is 5.73 Å². The molecule has 1 saturated heterocycles. The maximum Gasteiger partial charge on any atom is 0.263 e. The number of hydrogen-bond acceptors (Lipinski definition) is 4. The van der Waals surface area contributed by atoms with Gasteiger partial charge < -0.3 is 10.6 Å². The number of nitrogens with two attached hydrogens (primary N) is 1. The van der Waals surface area contributed by atoms with Gasteiger partial charge in [0.2, 0.25) is 11.8 Å². The Kier molecular flexibility index (Phi) is 4.96. The van der Waals surface area contributed by atoms with Crippen LogP contribution in [-0.2, 0) is 20.9 Å². The van der Waals surface area contributed by atoms with E-state index in [1.807, 2.05) is 0 Å². The van der Waals surface area contributed by atoms with Gasteiger partial charge in [0.05, 0.1) is 5.41 Å². The average Bonchev–Trinajstić information content (AvgIpc) is 2.71. The predicted octanol–water partition coefficient (Wildman–Crippen LogP) is 2.87. The van der Waals surface area contributed by atoms with E-state index < -0.39 is 53.4 Å². The van der Waals surface area contributed by atoms with E-state index >= 15 is 0 Å². The van der Waals surface area contributed by atoms with E-state index in [-0.39, 0.29) is 17.9 Å². The number of pyridine rings is 1. The lowest BCUT2D eigenvalue weighted by atomic mass is 9.32. The fourth-order valence-corrected chi connectivity index (χ4v) is 5.79. The summed E-state index contributed by atoms with van der Waals surface area (Å²) in [5, 5.41) is 0. The highest BCUT2D eigenvalue weighted by atomic mass is 19.3. The molecule has 1 atom stereocenters. The Morgan fingerprint density at radius 1 is 1.21 bits per heavy atom. The average molecular weight is 472 g/mol. The number of aryl methyl sites for hydroxylation is 1. The van der Waals surface area contributed by atoms with Crippen LogP contribution < -0.4 is 10.6 Å². The lowest BCUT2D eigenvalue weighted by Crippen LogP contribution is -2.78. The Labute approximate surface area is 193 Å². The Morgan fingerprint density at radius 3 is 2.41 bits per heavy atom. The van der Waals surface area contributed by atoms with E-state index in [1.165, 1.54) is 41.4 Å². The maximum atomic E-state index is 14.7. The highest BCUT2D eigenvalue weighted by Crippen LogP contribution is 2.75. The fraction of sp³-hybridized carbons (Fsp3) is 0.417. The zero-order valence-electron chi connectivity index (χ0n) is 18.4. The third-order valence-corrected chi connectivity index (χ3v) is 7.40. The SMILES string of the molecule is Cc1cnc(N2CC(=O)N(Cc3ccc(C(F)F)cc3)C(C34CC(C(N)=O)(C3)C4)C2=O)c(F)c1. The van der Waals surface area contributed by atoms with Crippen molar-refractivity contribution in [3.05, 3.63) is 59.0 Å². The Hall–Kier alpha value is -3.43. The van der Waals surface area contributed by atoms with Gasteiger partial charge in [0.15, 0.2) is 11.6 Å². The zero-order valence-corrected chi connectivity index (χ0v) is 18.4. The summed E-state index contributed by atoms with van der Waals surface area (Å²) in [4.78, 5) is 45.4. The molecule has 6 rings (SSSR count). The molecule has 7 nitrogen and oxygen atoms in total. The third kappa shape index (κ3) is 3.26. The van der Waals surface area contributed by atoms with Gasteiger partial charge in [0.25, 0.3) is 12.3 Å². The largest absolute Gasteiger partial charge is 0.369 e. The molecule has 2 heterocycles. The number of benzene rings is 1. The van der Waals surface area contributed by atoms with Gasteiger partial charge in [-0.05, 0) is 43.4 Å². The molecule has 4 fully saturated rings. The smallest absolute Gasteiger partial charge is 0.263 e. The van der Waals surface area contributed by atoms with Gasteiger partial charge in [0, 0.05) is 23.7 Å². The van der Waals surface area contributed by atoms with Crippen molar-refractivity contribution in [1.29, 1.82) is 0 Å². The highest BCUT2D eigenvalue weighted by Gasteiger charge is 2.76. The molecule has 10 heteroatoms. The van der Waals surface area contributed by atoms with Crippen LogP contribution in [0.3, 0.4) is 0 Å². The number of anilines is 1. The van der Waals surface area contributed by atoms with Gasteiger partial charge in [0.1, 0.15) is 12.6 Å². The van der Waals surface area contributed by atoms with Crippen molar-refractivity contribution < 1.29 is 27.6 Å². The number of hydrogen-bond donors (Lipinski definition) is 1. The Balaban J connectivity index is 1.48. The van der Waals surface area contributed by atoms with Crippen molar-refractivity contribution in [3.63, 3.8) is 0 Å². The van der Waals surface area contributed by atoms with Crippen LogP contribution in [0.1, 0.15) is 42.4 Å². The number of amides is 3. The second kappa shape index (κ2) is 7.54. The molecule has 1 unspecified atom stereocenters. The topological polar surface area (TPSA) is 96.6 Å². The normalized spacial score (nSPS) is 28.1. The molecule has 2 bridgehead atoms. The standard InChI is InChI=1S/C24H23F3N4O3/c1-13-6-16(25)20(29-7-13)31-9-17(32)30(8-14-2-4-15(5-3-14)19(26)27)18(21(31)33)23-10-24(11-23,12-23)22(28)34/h2-7,18-19H,8-12H2,1H3,(H2,28,34). The number of aromatic nitrogens is 1. The first kappa shape index (κ1) is 22.4. The molecule has 178 valence electrons. The summed E-state index contributed by atoms with van der Waals surface area (Å²) >= 11 is 0. The van der Waals surface area contributed by atoms with Gasteiger partial charge in [-0.1, -0.05) is 24.3 Å². The van der Waals surface area contributed by atoms with Gasteiger partial charge in [-0.2, -0.15) is 0 Å². The summed E-state index contributed by atoms with van der Waals surface area (Å²) in [7, 11) is 0. The summed E-state index contributed by atoms with van der Waals surface area (Å²) < 4.78 is 40.5. The van der Waals surface area contributed by atoms with E-state index in [9.17, 15) is 27.6 Å². The van der Waals surface area contributed by atoms with Gasteiger partial charge in [-0.3, -0.25) is 19.3 Å². The summed E-state index contributed by atoms with van der Waals surface area (Å²) in [6, 6.07) is 5.87. The molecule has 0 spiro atoms. The first-order valence-corrected chi connectivity index (χ1v) is 11.0. The van der Waals surface area contributed by atoms with Crippen molar-refractivity contribution in [2.24, 2.45) is 16.6 Å². The van der Waals surface area contributed by atoms with Crippen LogP contribution in [0.5, 0.6) is 0 Å². The summed E-state index contributed by atoms with van der Waals surface area (Å²) in [5.74, 6) is -2.24. The summed E-state index contributed by atoms with van der Waals surface area (Å²) in [6.45, 7) is 1.30. The van der Waals surface area contributed by atoms with E-state index in [0.29, 0.717) is 30.4 Å². The number of piperazine rings is 1. The molecule has 4 aliphatic rings. The van der Waals surface area contributed by atoms with Crippen molar-refractivity contribution in [2.45, 2.75) is 45.2 Å². The first-order valence-electron chi connectivity index (χ1n) is 11.0. The number of carbonyl (C=O) groups is 3. The number of nitrogens with zero attached hydrogens (tertiary/aromatic N) is 3. The van der Waals surface area contributed by atoms with Crippen LogP contribution in [-0.4, -0.2) is 40.2 Å². The zero-order chi connectivity index (χ0) is 24.4. The van der Waals surface area contributed by atoms with Crippen molar-refractivity contribution in [3.8, 4) is 0 Å². The molecule has 1 aliphatic heterocycles. The molecule has 1 aromatic carbocycles. The van der Waals surface area contributed by atoms with Crippen molar-refractivity contribution >= 4 is 23.5 Å². The molecule has 3 aliphatic carbocycles. The number of rotatable bonds is 6. The number of carbonyl (C=O) groups excluding carboxylic acids is 3.